The molecular formula is C31H29F3N4O2. The van der Waals surface area contributed by atoms with Gasteiger partial charge in [0.1, 0.15) is 29.8 Å². The lowest BCUT2D eigenvalue weighted by atomic mass is 9.83. The van der Waals surface area contributed by atoms with E-state index in [1.54, 1.807) is 12.1 Å². The maximum absolute atomic E-state index is 14.2. The molecule has 0 unspecified atom stereocenters. The summed E-state index contributed by atoms with van der Waals surface area (Å²) in [5, 5.41) is 1.85. The number of nitrogens with one attached hydrogen (secondary N) is 1. The minimum absolute atomic E-state index is 0.0472. The zero-order valence-electron chi connectivity index (χ0n) is 21.8. The van der Waals surface area contributed by atoms with E-state index in [4.69, 9.17) is 4.99 Å². The van der Waals surface area contributed by atoms with E-state index >= 15 is 0 Å². The number of rotatable bonds is 7. The molecule has 2 amide bonds. The number of benzene rings is 3. The molecule has 6 nitrogen and oxygen atoms in total. The van der Waals surface area contributed by atoms with Crippen molar-refractivity contribution in [3.63, 3.8) is 0 Å². The third-order valence-corrected chi connectivity index (χ3v) is 8.00. The number of hydrogen-bond acceptors (Lipinski definition) is 4. The van der Waals surface area contributed by atoms with Crippen LogP contribution in [0.4, 0.5) is 13.2 Å². The van der Waals surface area contributed by atoms with Crippen LogP contribution in [0.15, 0.2) is 77.8 Å². The van der Waals surface area contributed by atoms with Gasteiger partial charge >= 0.3 is 0 Å². The van der Waals surface area contributed by atoms with E-state index in [1.165, 1.54) is 65.6 Å². The quantitative estimate of drug-likeness (QED) is 0.458. The maximum Gasteiger partial charge on any atom is 0.265 e. The third-order valence-electron chi connectivity index (χ3n) is 8.00. The smallest absolute Gasteiger partial charge is 0.265 e. The van der Waals surface area contributed by atoms with Crippen molar-refractivity contribution in [2.45, 2.75) is 37.1 Å². The van der Waals surface area contributed by atoms with Crippen LogP contribution in [0.25, 0.3) is 0 Å². The minimum Gasteiger partial charge on any atom is -0.288 e. The van der Waals surface area contributed by atoms with E-state index in [9.17, 15) is 22.8 Å². The van der Waals surface area contributed by atoms with E-state index in [1.807, 2.05) is 5.01 Å². The fourth-order valence-electron chi connectivity index (χ4n) is 5.73. The molecule has 2 fully saturated rings. The van der Waals surface area contributed by atoms with Crippen LogP contribution in [-0.4, -0.2) is 47.2 Å². The highest BCUT2D eigenvalue weighted by Gasteiger charge is 2.54. The molecule has 1 aliphatic carbocycles. The van der Waals surface area contributed by atoms with Crippen molar-refractivity contribution >= 4 is 17.6 Å². The average Bonchev–Trinajstić information content (AvgIpc) is 3.76. The number of hydrazine groups is 1. The molecule has 40 heavy (non-hydrogen) atoms. The molecule has 3 aliphatic rings. The number of carbonyl (C=O) groups excluding carboxylic acids is 2. The summed E-state index contributed by atoms with van der Waals surface area (Å²) >= 11 is 0. The molecule has 206 valence electrons. The maximum atomic E-state index is 14.2. The minimum atomic E-state index is -1.53. The first-order valence-corrected chi connectivity index (χ1v) is 13.6. The largest absolute Gasteiger partial charge is 0.288 e. The van der Waals surface area contributed by atoms with Gasteiger partial charge in [0.05, 0.1) is 0 Å². The number of piperidine rings is 1. The van der Waals surface area contributed by atoms with Gasteiger partial charge in [-0.05, 0) is 84.7 Å². The molecule has 2 heterocycles. The zero-order valence-corrected chi connectivity index (χ0v) is 21.8. The Morgan fingerprint density at radius 2 is 1.27 bits per heavy atom. The molecule has 0 atom stereocenters. The summed E-state index contributed by atoms with van der Waals surface area (Å²) in [6, 6.07) is 17.7. The van der Waals surface area contributed by atoms with Crippen LogP contribution in [0, 0.1) is 23.4 Å². The van der Waals surface area contributed by atoms with Crippen LogP contribution in [-0.2, 0) is 15.1 Å². The van der Waals surface area contributed by atoms with E-state index in [0.717, 1.165) is 31.2 Å². The Labute approximate surface area is 230 Å². The fraction of sp³-hybridized carbons (Fsp3) is 0.323. The van der Waals surface area contributed by atoms with Crippen molar-refractivity contribution in [2.24, 2.45) is 10.9 Å². The normalized spacial score (nSPS) is 19.5. The van der Waals surface area contributed by atoms with Gasteiger partial charge in [0, 0.05) is 19.0 Å². The standard InChI is InChI=1S/C31H29F3N4O2/c32-25-9-3-20(4-10-25)21-15-17-37(18-16-21)36-28(39)19-38-29(22-1-2-22)35-31(30(38)40,23-5-11-26(33)12-6-23)24-7-13-27(34)14-8-24/h3-14,21-22H,1-2,15-19H2,(H,36,39). The van der Waals surface area contributed by atoms with Crippen LogP contribution in [0.1, 0.15) is 48.3 Å². The van der Waals surface area contributed by atoms with Crippen LogP contribution in [0.2, 0.25) is 0 Å². The summed E-state index contributed by atoms with van der Waals surface area (Å²) in [4.78, 5) is 33.8. The molecule has 0 bridgehead atoms. The summed E-state index contributed by atoms with van der Waals surface area (Å²) in [7, 11) is 0. The lowest BCUT2D eigenvalue weighted by Gasteiger charge is -2.33. The second-order valence-corrected chi connectivity index (χ2v) is 10.7. The second-order valence-electron chi connectivity index (χ2n) is 10.7. The number of hydrogen-bond donors (Lipinski definition) is 1. The highest BCUT2D eigenvalue weighted by Crippen LogP contribution is 2.45. The van der Waals surface area contributed by atoms with Gasteiger partial charge in [-0.3, -0.25) is 19.9 Å². The Kier molecular flexibility index (Phi) is 6.92. The van der Waals surface area contributed by atoms with E-state index in [-0.39, 0.29) is 30.1 Å². The Morgan fingerprint density at radius 1 is 0.775 bits per heavy atom. The summed E-state index contributed by atoms with van der Waals surface area (Å²) in [6.07, 6.45) is 3.32. The van der Waals surface area contributed by atoms with Crippen LogP contribution in [0.3, 0.4) is 0 Å². The molecule has 0 radical (unpaired) electrons. The fourth-order valence-corrected chi connectivity index (χ4v) is 5.73. The first kappa shape index (κ1) is 26.3. The molecular weight excluding hydrogens is 517 g/mol. The summed E-state index contributed by atoms with van der Waals surface area (Å²) in [5.74, 6) is -1.05. The molecule has 3 aromatic rings. The van der Waals surface area contributed by atoms with E-state index in [2.05, 4.69) is 5.43 Å². The first-order valence-electron chi connectivity index (χ1n) is 13.6. The van der Waals surface area contributed by atoms with Gasteiger partial charge in [0.2, 0.25) is 0 Å². The Hall–Kier alpha value is -3.98. The number of nitrogens with zero attached hydrogens (tertiary/aromatic N) is 3. The lowest BCUT2D eigenvalue weighted by molar-refractivity contribution is -0.136. The van der Waals surface area contributed by atoms with Crippen LogP contribution >= 0.6 is 0 Å². The molecule has 1 N–H and O–H groups in total. The molecule has 6 rings (SSSR count). The molecule has 2 aliphatic heterocycles. The molecule has 9 heteroatoms. The Morgan fingerprint density at radius 3 is 1.77 bits per heavy atom. The summed E-state index contributed by atoms with van der Waals surface area (Å²) in [6.45, 7) is 1.04. The Bertz CT molecular complexity index is 1380. The Balaban J connectivity index is 1.20. The van der Waals surface area contributed by atoms with Crippen molar-refractivity contribution in [1.82, 2.24) is 15.3 Å². The number of amidine groups is 1. The first-order chi connectivity index (χ1) is 19.3. The van der Waals surface area contributed by atoms with E-state index < -0.39 is 23.1 Å². The monoisotopic (exact) mass is 546 g/mol. The molecule has 0 spiro atoms. The van der Waals surface area contributed by atoms with Crippen molar-refractivity contribution in [1.29, 1.82) is 0 Å². The van der Waals surface area contributed by atoms with Gasteiger partial charge in [-0.2, -0.15) is 0 Å². The van der Waals surface area contributed by atoms with Gasteiger partial charge < -0.3 is 0 Å². The van der Waals surface area contributed by atoms with Gasteiger partial charge in [-0.15, -0.1) is 0 Å². The lowest BCUT2D eigenvalue weighted by Crippen LogP contribution is -2.52. The number of amides is 2. The third kappa shape index (κ3) is 5.01. The summed E-state index contributed by atoms with van der Waals surface area (Å²) < 4.78 is 40.9. The van der Waals surface area contributed by atoms with Crippen LogP contribution in [0.5, 0.6) is 0 Å². The van der Waals surface area contributed by atoms with Gasteiger partial charge in [0.25, 0.3) is 11.8 Å². The number of halogens is 3. The zero-order chi connectivity index (χ0) is 27.9. The van der Waals surface area contributed by atoms with Crippen LogP contribution < -0.4 is 5.43 Å². The molecule has 0 aromatic heterocycles. The van der Waals surface area contributed by atoms with Gasteiger partial charge in [-0.25, -0.2) is 23.2 Å². The number of aliphatic imine (C=N–C) groups is 1. The van der Waals surface area contributed by atoms with Crippen molar-refractivity contribution < 1.29 is 22.8 Å². The predicted molar refractivity (Wildman–Crippen MR) is 144 cm³/mol. The average molecular weight is 547 g/mol. The van der Waals surface area contributed by atoms with E-state index in [0.29, 0.717) is 30.1 Å². The molecule has 3 aromatic carbocycles. The van der Waals surface area contributed by atoms with Crippen molar-refractivity contribution in [2.75, 3.05) is 19.6 Å². The molecule has 1 saturated carbocycles. The van der Waals surface area contributed by atoms with Crippen molar-refractivity contribution in [3.05, 3.63) is 107 Å². The topological polar surface area (TPSA) is 65.0 Å². The summed E-state index contributed by atoms with van der Waals surface area (Å²) in [5.41, 5.74) is 3.39. The highest BCUT2D eigenvalue weighted by molar-refractivity contribution is 6.13. The number of carbonyl (C=O) groups is 2. The SMILES string of the molecule is O=C(CN1C(=O)C(c2ccc(F)cc2)(c2ccc(F)cc2)N=C1C1CC1)NN1CCC(c2ccc(F)cc2)CC1. The second kappa shape index (κ2) is 10.5. The van der Waals surface area contributed by atoms with Gasteiger partial charge in [-0.1, -0.05) is 36.4 Å². The van der Waals surface area contributed by atoms with Crippen molar-refractivity contribution in [3.8, 4) is 0 Å². The predicted octanol–water partition coefficient (Wildman–Crippen LogP) is 4.91. The molecule has 1 saturated heterocycles. The highest BCUT2D eigenvalue weighted by atomic mass is 19.1. The van der Waals surface area contributed by atoms with Gasteiger partial charge in [0.15, 0.2) is 5.54 Å².